The zero-order valence-corrected chi connectivity index (χ0v) is 19.3. The Hall–Kier alpha value is -3.13. The van der Waals surface area contributed by atoms with Crippen LogP contribution in [0, 0.1) is 5.92 Å². The fourth-order valence-electron chi connectivity index (χ4n) is 2.78. The Kier molecular flexibility index (Phi) is 11.4. The molecule has 13 nitrogen and oxygen atoms in total. The van der Waals surface area contributed by atoms with Crippen molar-refractivity contribution in [3.8, 4) is 0 Å². The van der Waals surface area contributed by atoms with Crippen LogP contribution in [-0.2, 0) is 30.4 Å². The number of nitrogens with two attached hydrogens (primary N) is 2. The molecule has 0 aliphatic carbocycles. The highest BCUT2D eigenvalue weighted by Crippen LogP contribution is 2.07. The summed E-state index contributed by atoms with van der Waals surface area (Å²) in [5.74, 6) is -4.46. The van der Waals surface area contributed by atoms with Crippen LogP contribution >= 0.6 is 12.6 Å². The summed E-state index contributed by atoms with van der Waals surface area (Å²) in [6.07, 6.45) is 2.50. The number of carboxylic acid groups (broad SMARTS) is 1. The van der Waals surface area contributed by atoms with Gasteiger partial charge in [0.25, 0.3) is 0 Å². The molecule has 14 heteroatoms. The Balaban J connectivity index is 2.98. The van der Waals surface area contributed by atoms with Crippen LogP contribution in [0.1, 0.15) is 32.4 Å². The van der Waals surface area contributed by atoms with Gasteiger partial charge in [-0.25, -0.2) is 9.78 Å². The first kappa shape index (κ1) is 27.9. The van der Waals surface area contributed by atoms with Crippen molar-refractivity contribution in [2.45, 2.75) is 57.3 Å². The topological polar surface area (TPSA) is 222 Å². The van der Waals surface area contributed by atoms with Crippen LogP contribution in [0.15, 0.2) is 12.5 Å². The van der Waals surface area contributed by atoms with E-state index in [4.69, 9.17) is 11.5 Å². The number of aliphatic carboxylic acids is 1. The molecule has 4 amide bonds. The molecule has 4 atom stereocenters. The molecule has 0 aliphatic rings. The highest BCUT2D eigenvalue weighted by molar-refractivity contribution is 7.80. The number of nitrogens with one attached hydrogen (secondary N) is 4. The third-order valence-electron chi connectivity index (χ3n) is 4.69. The number of rotatable bonds is 14. The summed E-state index contributed by atoms with van der Waals surface area (Å²) in [5.41, 5.74) is 11.3. The first-order chi connectivity index (χ1) is 15.5. The molecule has 0 spiro atoms. The van der Waals surface area contributed by atoms with Crippen LogP contribution in [0.3, 0.4) is 0 Å². The van der Waals surface area contributed by atoms with Crippen molar-refractivity contribution >= 4 is 42.2 Å². The third-order valence-corrected chi connectivity index (χ3v) is 5.08. The van der Waals surface area contributed by atoms with Crippen LogP contribution < -0.4 is 27.4 Å². The Bertz CT molecular complexity index is 833. The van der Waals surface area contributed by atoms with E-state index in [1.54, 1.807) is 13.8 Å². The average molecular weight is 486 g/mol. The van der Waals surface area contributed by atoms with Gasteiger partial charge in [0, 0.05) is 30.5 Å². The number of carbonyl (C=O) groups is 5. The Morgan fingerprint density at radius 3 is 2.21 bits per heavy atom. The predicted octanol–water partition coefficient (Wildman–Crippen LogP) is -2.33. The lowest BCUT2D eigenvalue weighted by molar-refractivity contribution is -0.143. The first-order valence-corrected chi connectivity index (χ1v) is 10.8. The summed E-state index contributed by atoms with van der Waals surface area (Å²) in [6, 6.07) is -4.52. The van der Waals surface area contributed by atoms with Crippen LogP contribution in [-0.4, -0.2) is 74.6 Å². The molecule has 9 N–H and O–H groups in total. The van der Waals surface area contributed by atoms with Gasteiger partial charge in [-0.15, -0.1) is 0 Å². The molecule has 1 aromatic rings. The van der Waals surface area contributed by atoms with Crippen molar-refractivity contribution in [2.75, 3.05) is 5.75 Å². The van der Waals surface area contributed by atoms with E-state index in [1.165, 1.54) is 12.5 Å². The summed E-state index contributed by atoms with van der Waals surface area (Å²) >= 11 is 3.97. The number of hydrogen-bond acceptors (Lipinski definition) is 8. The quantitative estimate of drug-likeness (QED) is 0.133. The number of imidazole rings is 1. The number of thiol groups is 1. The van der Waals surface area contributed by atoms with Crippen molar-refractivity contribution in [3.05, 3.63) is 18.2 Å². The van der Waals surface area contributed by atoms with Gasteiger partial charge in [-0.1, -0.05) is 13.8 Å². The van der Waals surface area contributed by atoms with E-state index in [0.29, 0.717) is 5.69 Å². The van der Waals surface area contributed by atoms with Crippen LogP contribution in [0.2, 0.25) is 0 Å². The smallest absolute Gasteiger partial charge is 0.326 e. The lowest BCUT2D eigenvalue weighted by atomic mass is 10.0. The lowest BCUT2D eigenvalue weighted by Crippen LogP contribution is -2.59. The summed E-state index contributed by atoms with van der Waals surface area (Å²) in [4.78, 5) is 67.1. The molecule has 0 aromatic carbocycles. The summed E-state index contributed by atoms with van der Waals surface area (Å²) < 4.78 is 0. The number of carboxylic acids is 1. The molecular formula is C19H31N7O6S. The predicted molar refractivity (Wildman–Crippen MR) is 121 cm³/mol. The van der Waals surface area contributed by atoms with Gasteiger partial charge in [0.15, 0.2) is 0 Å². The highest BCUT2D eigenvalue weighted by Gasteiger charge is 2.32. The number of aromatic amines is 1. The minimum absolute atomic E-state index is 0.0413. The summed E-state index contributed by atoms with van der Waals surface area (Å²) in [6.45, 7) is 3.31. The summed E-state index contributed by atoms with van der Waals surface area (Å²) in [7, 11) is 0. The SMILES string of the molecule is CC(C)C(NC(=O)C(Cc1cnc[nH]1)NC(=O)C(N)CS)C(=O)NC(CCC(N)=O)C(=O)O. The van der Waals surface area contributed by atoms with Gasteiger partial charge in [0.2, 0.25) is 23.6 Å². The molecule has 1 rings (SSSR count). The van der Waals surface area contributed by atoms with Crippen molar-refractivity contribution in [2.24, 2.45) is 17.4 Å². The number of primary amides is 1. The molecule has 1 heterocycles. The highest BCUT2D eigenvalue weighted by atomic mass is 32.1. The van der Waals surface area contributed by atoms with Gasteiger partial charge in [-0.2, -0.15) is 12.6 Å². The zero-order valence-electron chi connectivity index (χ0n) is 18.4. The van der Waals surface area contributed by atoms with Gasteiger partial charge in [-0.3, -0.25) is 19.2 Å². The zero-order chi connectivity index (χ0) is 25.1. The summed E-state index contributed by atoms with van der Waals surface area (Å²) in [5, 5.41) is 16.7. The molecule has 0 bridgehead atoms. The van der Waals surface area contributed by atoms with Crippen molar-refractivity contribution in [1.29, 1.82) is 0 Å². The number of nitrogens with zero attached hydrogens (tertiary/aromatic N) is 1. The second-order valence-corrected chi connectivity index (χ2v) is 8.13. The molecule has 0 radical (unpaired) electrons. The fourth-order valence-corrected chi connectivity index (χ4v) is 2.95. The minimum atomic E-state index is -1.36. The van der Waals surface area contributed by atoms with Gasteiger partial charge in [0.1, 0.15) is 18.1 Å². The van der Waals surface area contributed by atoms with Crippen molar-refractivity contribution in [1.82, 2.24) is 25.9 Å². The van der Waals surface area contributed by atoms with Gasteiger partial charge < -0.3 is 37.5 Å². The molecule has 0 saturated heterocycles. The Morgan fingerprint density at radius 1 is 1.09 bits per heavy atom. The maximum atomic E-state index is 13.0. The molecule has 4 unspecified atom stereocenters. The van der Waals surface area contributed by atoms with E-state index < -0.39 is 59.7 Å². The van der Waals surface area contributed by atoms with E-state index in [9.17, 15) is 29.1 Å². The minimum Gasteiger partial charge on any atom is -0.480 e. The van der Waals surface area contributed by atoms with E-state index in [1.807, 2.05) is 0 Å². The first-order valence-electron chi connectivity index (χ1n) is 10.2. The second-order valence-electron chi connectivity index (χ2n) is 7.77. The lowest BCUT2D eigenvalue weighted by Gasteiger charge is -2.27. The number of carbonyl (C=O) groups excluding carboxylic acids is 4. The van der Waals surface area contributed by atoms with E-state index in [2.05, 4.69) is 38.5 Å². The molecule has 33 heavy (non-hydrogen) atoms. The normalized spacial score (nSPS) is 14.6. The van der Waals surface area contributed by atoms with E-state index in [-0.39, 0.29) is 25.0 Å². The Morgan fingerprint density at radius 2 is 1.73 bits per heavy atom. The second kappa shape index (κ2) is 13.4. The van der Waals surface area contributed by atoms with Gasteiger partial charge in [-0.05, 0) is 12.3 Å². The molecule has 0 aliphatic heterocycles. The van der Waals surface area contributed by atoms with Crippen LogP contribution in [0.25, 0.3) is 0 Å². The maximum absolute atomic E-state index is 13.0. The van der Waals surface area contributed by atoms with Crippen molar-refractivity contribution in [3.63, 3.8) is 0 Å². The number of H-pyrrole nitrogens is 1. The van der Waals surface area contributed by atoms with E-state index >= 15 is 0 Å². The number of hydrogen-bond donors (Lipinski definition) is 8. The molecular weight excluding hydrogens is 454 g/mol. The number of aromatic nitrogens is 2. The van der Waals surface area contributed by atoms with E-state index in [0.717, 1.165) is 0 Å². The largest absolute Gasteiger partial charge is 0.480 e. The maximum Gasteiger partial charge on any atom is 0.326 e. The fraction of sp³-hybridized carbons (Fsp3) is 0.579. The van der Waals surface area contributed by atoms with Gasteiger partial charge >= 0.3 is 5.97 Å². The standard InChI is InChI=1S/C19H31N7O6S/c1-9(2)15(18(30)24-12(19(31)32)3-4-14(21)27)26-17(29)13(5-10-6-22-8-23-10)25-16(28)11(20)7-33/h6,8-9,11-13,15,33H,3-5,7,20H2,1-2H3,(H2,21,27)(H,22,23)(H,24,30)(H,25,28)(H,26,29)(H,31,32). The number of amides is 4. The monoisotopic (exact) mass is 485 g/mol. The molecule has 0 saturated carbocycles. The van der Waals surface area contributed by atoms with Crippen molar-refractivity contribution < 1.29 is 29.1 Å². The van der Waals surface area contributed by atoms with Crippen LogP contribution in [0.4, 0.5) is 0 Å². The average Bonchev–Trinajstić information content (AvgIpc) is 3.25. The van der Waals surface area contributed by atoms with Crippen LogP contribution in [0.5, 0.6) is 0 Å². The third kappa shape index (κ3) is 9.49. The molecule has 1 aromatic heterocycles. The molecule has 0 fully saturated rings. The Labute approximate surface area is 196 Å². The van der Waals surface area contributed by atoms with Gasteiger partial charge in [0.05, 0.1) is 12.4 Å². The molecule has 184 valence electrons.